The Morgan fingerprint density at radius 2 is 0.500 bits per heavy atom. The van der Waals surface area contributed by atoms with Crippen molar-refractivity contribution in [2.45, 2.75) is 367 Å². The number of rotatable bonds is 61. The van der Waals surface area contributed by atoms with Gasteiger partial charge in [0, 0.05) is 19.3 Å². The third-order valence-corrected chi connectivity index (χ3v) is 14.9. The van der Waals surface area contributed by atoms with Gasteiger partial charge in [0.15, 0.2) is 6.10 Å². The molecule has 1 atom stereocenters. The van der Waals surface area contributed by atoms with Crippen molar-refractivity contribution in [3.05, 3.63) is 36.5 Å². The van der Waals surface area contributed by atoms with E-state index in [0.717, 1.165) is 83.5 Å². The van der Waals surface area contributed by atoms with Crippen LogP contribution in [0.3, 0.4) is 0 Å². The average molecular weight is 1040 g/mol. The van der Waals surface area contributed by atoms with Crippen LogP contribution in [0.4, 0.5) is 0 Å². The van der Waals surface area contributed by atoms with Crippen molar-refractivity contribution in [1.29, 1.82) is 0 Å². The first-order valence-electron chi connectivity index (χ1n) is 33.0. The van der Waals surface area contributed by atoms with E-state index in [9.17, 15) is 14.4 Å². The van der Waals surface area contributed by atoms with Crippen molar-refractivity contribution in [2.24, 2.45) is 0 Å². The topological polar surface area (TPSA) is 78.9 Å². The second kappa shape index (κ2) is 63.2. The van der Waals surface area contributed by atoms with Crippen LogP contribution < -0.4 is 0 Å². The molecule has 0 saturated heterocycles. The number of hydrogen-bond acceptors (Lipinski definition) is 6. The van der Waals surface area contributed by atoms with Crippen LogP contribution in [0.1, 0.15) is 361 Å². The summed E-state index contributed by atoms with van der Waals surface area (Å²) in [6.07, 6.45) is 77.7. The van der Waals surface area contributed by atoms with Crippen molar-refractivity contribution in [3.8, 4) is 0 Å². The number of unbranched alkanes of at least 4 members (excludes halogenated alkanes) is 44. The third-order valence-electron chi connectivity index (χ3n) is 14.9. The third kappa shape index (κ3) is 60.5. The molecule has 0 bridgehead atoms. The molecule has 0 heterocycles. The molecule has 74 heavy (non-hydrogen) atoms. The summed E-state index contributed by atoms with van der Waals surface area (Å²) in [7, 11) is 0. The molecule has 0 aliphatic carbocycles. The first kappa shape index (κ1) is 71.6. The van der Waals surface area contributed by atoms with Gasteiger partial charge in [0.1, 0.15) is 13.2 Å². The van der Waals surface area contributed by atoms with E-state index < -0.39 is 6.10 Å². The minimum Gasteiger partial charge on any atom is -0.462 e. The van der Waals surface area contributed by atoms with Crippen molar-refractivity contribution in [2.75, 3.05) is 13.2 Å². The lowest BCUT2D eigenvalue weighted by Gasteiger charge is -2.18. The number of hydrogen-bond donors (Lipinski definition) is 0. The van der Waals surface area contributed by atoms with Gasteiger partial charge in [0.2, 0.25) is 0 Å². The average Bonchev–Trinajstić information content (AvgIpc) is 3.40. The fourth-order valence-electron chi connectivity index (χ4n) is 9.87. The Morgan fingerprint density at radius 1 is 0.270 bits per heavy atom. The number of carbonyl (C=O) groups excluding carboxylic acids is 3. The molecule has 0 saturated carbocycles. The Balaban J connectivity index is 3.99. The highest BCUT2D eigenvalue weighted by atomic mass is 16.6. The minimum absolute atomic E-state index is 0.0732. The molecule has 0 aliphatic rings. The Bertz CT molecular complexity index is 1240. The summed E-state index contributed by atoms with van der Waals surface area (Å²) in [5.41, 5.74) is 0. The molecule has 0 rings (SSSR count). The smallest absolute Gasteiger partial charge is 0.306 e. The lowest BCUT2D eigenvalue weighted by atomic mass is 10.0. The Hall–Kier alpha value is -2.37. The Kier molecular flexibility index (Phi) is 61.1. The van der Waals surface area contributed by atoms with Gasteiger partial charge in [0.25, 0.3) is 0 Å². The zero-order chi connectivity index (χ0) is 53.6. The molecule has 6 nitrogen and oxygen atoms in total. The van der Waals surface area contributed by atoms with Crippen LogP contribution in [0.5, 0.6) is 0 Å². The molecular weight excluding hydrogens is 913 g/mol. The van der Waals surface area contributed by atoms with Crippen molar-refractivity contribution in [3.63, 3.8) is 0 Å². The monoisotopic (exact) mass is 1040 g/mol. The van der Waals surface area contributed by atoms with Crippen molar-refractivity contribution >= 4 is 17.9 Å². The maximum atomic E-state index is 12.8. The van der Waals surface area contributed by atoms with Gasteiger partial charge in [0.05, 0.1) is 0 Å². The predicted octanol–water partition coefficient (Wildman–Crippen LogP) is 22.4. The van der Waals surface area contributed by atoms with E-state index >= 15 is 0 Å². The zero-order valence-electron chi connectivity index (χ0n) is 49.9. The van der Waals surface area contributed by atoms with Gasteiger partial charge in [-0.3, -0.25) is 14.4 Å². The molecule has 1 unspecified atom stereocenters. The van der Waals surface area contributed by atoms with Crippen molar-refractivity contribution in [1.82, 2.24) is 0 Å². The minimum atomic E-state index is -0.774. The van der Waals surface area contributed by atoms with E-state index in [-0.39, 0.29) is 31.1 Å². The largest absolute Gasteiger partial charge is 0.462 e. The number of carbonyl (C=O) groups is 3. The Morgan fingerprint density at radius 3 is 0.797 bits per heavy atom. The van der Waals surface area contributed by atoms with Crippen LogP contribution in [0.2, 0.25) is 0 Å². The van der Waals surface area contributed by atoms with Crippen LogP contribution in [0, 0.1) is 0 Å². The maximum Gasteiger partial charge on any atom is 0.306 e. The molecular formula is C68H126O6. The molecule has 0 N–H and O–H groups in total. The van der Waals surface area contributed by atoms with Gasteiger partial charge in [-0.05, 0) is 70.6 Å². The summed E-state index contributed by atoms with van der Waals surface area (Å²) in [5, 5.41) is 0. The first-order valence-corrected chi connectivity index (χ1v) is 33.0. The van der Waals surface area contributed by atoms with E-state index in [2.05, 4.69) is 57.2 Å². The molecule has 0 amide bonds. The van der Waals surface area contributed by atoms with Crippen LogP contribution in [0.25, 0.3) is 0 Å². The lowest BCUT2D eigenvalue weighted by Crippen LogP contribution is -2.30. The molecule has 0 aromatic carbocycles. The molecule has 0 radical (unpaired) electrons. The standard InChI is InChI=1S/C68H126O6/c1-4-7-10-13-16-19-21-23-25-26-27-28-29-30-31-32-33-34-35-36-37-38-39-40-41-42-43-45-46-49-52-55-58-61-67(70)73-64-65(63-72-66(69)60-57-54-51-48-18-15-12-9-6-3)74-68(71)62-59-56-53-50-47-44-24-22-20-17-14-11-8-5-2/h14,17,22,24,26-27,65H,4-13,15-16,18-21,23,25,28-64H2,1-3H3/b17-14-,24-22-,27-26-. The number of allylic oxidation sites excluding steroid dienone is 6. The Labute approximate surface area is 461 Å². The van der Waals surface area contributed by atoms with Crippen molar-refractivity contribution < 1.29 is 28.6 Å². The lowest BCUT2D eigenvalue weighted by molar-refractivity contribution is -0.167. The van der Waals surface area contributed by atoms with Gasteiger partial charge < -0.3 is 14.2 Å². The van der Waals surface area contributed by atoms with Gasteiger partial charge in [-0.15, -0.1) is 0 Å². The van der Waals surface area contributed by atoms with Gasteiger partial charge in [-0.25, -0.2) is 0 Å². The van der Waals surface area contributed by atoms with Gasteiger partial charge in [-0.2, -0.15) is 0 Å². The molecule has 434 valence electrons. The van der Waals surface area contributed by atoms with Gasteiger partial charge in [-0.1, -0.05) is 308 Å². The second-order valence-corrected chi connectivity index (χ2v) is 22.4. The zero-order valence-corrected chi connectivity index (χ0v) is 49.9. The van der Waals surface area contributed by atoms with E-state index in [0.29, 0.717) is 19.3 Å². The molecule has 0 fully saturated rings. The van der Waals surface area contributed by atoms with E-state index in [1.54, 1.807) is 0 Å². The van der Waals surface area contributed by atoms with Crippen LogP contribution >= 0.6 is 0 Å². The summed E-state index contributed by atoms with van der Waals surface area (Å²) < 4.78 is 16.8. The number of ether oxygens (including phenoxy) is 3. The van der Waals surface area contributed by atoms with Crippen LogP contribution in [0.15, 0.2) is 36.5 Å². The highest BCUT2D eigenvalue weighted by Gasteiger charge is 2.19. The summed E-state index contributed by atoms with van der Waals surface area (Å²) in [4.78, 5) is 38.1. The summed E-state index contributed by atoms with van der Waals surface area (Å²) in [6.45, 7) is 6.61. The van der Waals surface area contributed by atoms with E-state index in [4.69, 9.17) is 14.2 Å². The first-order chi connectivity index (χ1) is 36.5. The highest BCUT2D eigenvalue weighted by Crippen LogP contribution is 2.18. The van der Waals surface area contributed by atoms with E-state index in [1.165, 1.54) is 238 Å². The SMILES string of the molecule is CCCC/C=C\C/C=C\CCCCCCCC(=O)OC(COC(=O)CCCCCCCCCCC)COC(=O)CCCCCCCCCCCCCCCCCCCCCCC/C=C\CCCCCCCCCC. The van der Waals surface area contributed by atoms with Crippen LogP contribution in [-0.4, -0.2) is 37.2 Å². The fraction of sp³-hybridized carbons (Fsp3) is 0.868. The summed E-state index contributed by atoms with van der Waals surface area (Å²) in [5.74, 6) is -0.871. The molecule has 0 aromatic heterocycles. The molecule has 6 heteroatoms. The second-order valence-electron chi connectivity index (χ2n) is 22.4. The molecule has 0 spiro atoms. The quantitative estimate of drug-likeness (QED) is 0.0261. The fourth-order valence-corrected chi connectivity index (χ4v) is 9.87. The maximum absolute atomic E-state index is 12.8. The van der Waals surface area contributed by atoms with Gasteiger partial charge >= 0.3 is 17.9 Å². The summed E-state index contributed by atoms with van der Waals surface area (Å²) >= 11 is 0. The molecule has 0 aromatic rings. The van der Waals surface area contributed by atoms with E-state index in [1.807, 2.05) is 0 Å². The number of esters is 3. The predicted molar refractivity (Wildman–Crippen MR) is 321 cm³/mol. The normalized spacial score (nSPS) is 12.2. The molecule has 0 aliphatic heterocycles. The summed E-state index contributed by atoms with van der Waals surface area (Å²) in [6, 6.07) is 0. The van der Waals surface area contributed by atoms with Crippen LogP contribution in [-0.2, 0) is 28.6 Å². The highest BCUT2D eigenvalue weighted by molar-refractivity contribution is 5.71.